The Kier molecular flexibility index (Phi) is 8.46. The maximum Gasteiger partial charge on any atom is 0.191 e. The van der Waals surface area contributed by atoms with Gasteiger partial charge in [-0.2, -0.15) is 0 Å². The van der Waals surface area contributed by atoms with Crippen LogP contribution in [0.25, 0.3) is 0 Å². The summed E-state index contributed by atoms with van der Waals surface area (Å²) in [5.74, 6) is 0.478. The molecule has 0 bridgehead atoms. The predicted molar refractivity (Wildman–Crippen MR) is 105 cm³/mol. The summed E-state index contributed by atoms with van der Waals surface area (Å²) in [5, 5.41) is 7.54. The maximum absolute atomic E-state index is 13.1. The van der Waals surface area contributed by atoms with Crippen molar-refractivity contribution < 1.29 is 4.39 Å². The minimum absolute atomic E-state index is 0. The van der Waals surface area contributed by atoms with E-state index < -0.39 is 0 Å². The minimum atomic E-state index is -0.225. The van der Waals surface area contributed by atoms with Gasteiger partial charge in [-0.05, 0) is 31.5 Å². The number of guanidine groups is 1. The Balaban J connectivity index is 0.00000264. The van der Waals surface area contributed by atoms with Crippen LogP contribution in [0.4, 0.5) is 4.39 Å². The fraction of sp³-hybridized carbons (Fsp3) is 0.375. The SMILES string of the molecule is CN=C(NCCc1nc(C)c(C)s1)NCc1cccc(F)c1.I. The van der Waals surface area contributed by atoms with Crippen LogP contribution in [0.3, 0.4) is 0 Å². The number of nitrogens with zero attached hydrogens (tertiary/aromatic N) is 2. The van der Waals surface area contributed by atoms with Gasteiger partial charge in [0, 0.05) is 31.4 Å². The minimum Gasteiger partial charge on any atom is -0.356 e. The number of hydrogen-bond donors (Lipinski definition) is 2. The normalized spacial score (nSPS) is 11.0. The van der Waals surface area contributed by atoms with Crippen molar-refractivity contribution >= 4 is 41.3 Å². The number of aliphatic imine (C=N–C) groups is 1. The van der Waals surface area contributed by atoms with Crippen molar-refractivity contribution in [2.75, 3.05) is 13.6 Å². The number of hydrogen-bond acceptors (Lipinski definition) is 3. The van der Waals surface area contributed by atoms with Gasteiger partial charge in [0.15, 0.2) is 5.96 Å². The molecule has 2 N–H and O–H groups in total. The van der Waals surface area contributed by atoms with Gasteiger partial charge in [0.1, 0.15) is 5.82 Å². The van der Waals surface area contributed by atoms with Gasteiger partial charge in [-0.1, -0.05) is 12.1 Å². The zero-order valence-electron chi connectivity index (χ0n) is 13.5. The van der Waals surface area contributed by atoms with Crippen molar-refractivity contribution in [2.24, 2.45) is 4.99 Å². The fourth-order valence-electron chi connectivity index (χ4n) is 1.99. The van der Waals surface area contributed by atoms with E-state index in [9.17, 15) is 4.39 Å². The summed E-state index contributed by atoms with van der Waals surface area (Å²) in [6.45, 7) is 5.41. The van der Waals surface area contributed by atoms with Crippen molar-refractivity contribution in [3.05, 3.63) is 51.2 Å². The van der Waals surface area contributed by atoms with Gasteiger partial charge < -0.3 is 10.6 Å². The van der Waals surface area contributed by atoms with Crippen molar-refractivity contribution in [2.45, 2.75) is 26.8 Å². The lowest BCUT2D eigenvalue weighted by atomic mass is 10.2. The van der Waals surface area contributed by atoms with Crippen molar-refractivity contribution in [3.63, 3.8) is 0 Å². The molecule has 23 heavy (non-hydrogen) atoms. The van der Waals surface area contributed by atoms with E-state index in [1.807, 2.05) is 13.0 Å². The quantitative estimate of drug-likeness (QED) is 0.419. The molecule has 1 aromatic heterocycles. The summed E-state index contributed by atoms with van der Waals surface area (Å²) in [5.41, 5.74) is 1.99. The first-order valence-corrected chi connectivity index (χ1v) is 8.02. The summed E-state index contributed by atoms with van der Waals surface area (Å²) < 4.78 is 13.1. The molecule has 1 aromatic carbocycles. The number of halogens is 2. The Hall–Kier alpha value is -1.22. The summed E-state index contributed by atoms with van der Waals surface area (Å²) >= 11 is 1.73. The molecule has 2 rings (SSSR count). The molecule has 0 aliphatic rings. The van der Waals surface area contributed by atoms with E-state index in [4.69, 9.17) is 0 Å². The molecule has 7 heteroatoms. The second-order valence-corrected chi connectivity index (χ2v) is 6.27. The van der Waals surface area contributed by atoms with Crippen LogP contribution in [0.2, 0.25) is 0 Å². The second-order valence-electron chi connectivity index (χ2n) is 4.98. The molecular weight excluding hydrogens is 426 g/mol. The van der Waals surface area contributed by atoms with Crippen molar-refractivity contribution in [1.29, 1.82) is 0 Å². The molecule has 0 spiro atoms. The van der Waals surface area contributed by atoms with Gasteiger partial charge in [0.2, 0.25) is 0 Å². The first kappa shape index (κ1) is 19.8. The van der Waals surface area contributed by atoms with Gasteiger partial charge in [-0.15, -0.1) is 35.3 Å². The van der Waals surface area contributed by atoms with Crippen molar-refractivity contribution in [1.82, 2.24) is 15.6 Å². The molecule has 0 amide bonds. The number of benzene rings is 1. The van der Waals surface area contributed by atoms with E-state index in [0.717, 1.165) is 29.2 Å². The van der Waals surface area contributed by atoms with Crippen molar-refractivity contribution in [3.8, 4) is 0 Å². The third kappa shape index (κ3) is 6.42. The Morgan fingerprint density at radius 2 is 2.09 bits per heavy atom. The molecule has 0 unspecified atom stereocenters. The Morgan fingerprint density at radius 1 is 1.30 bits per heavy atom. The summed E-state index contributed by atoms with van der Waals surface area (Å²) in [6.07, 6.45) is 0.861. The lowest BCUT2D eigenvalue weighted by Gasteiger charge is -2.11. The lowest BCUT2D eigenvalue weighted by Crippen LogP contribution is -2.37. The highest BCUT2D eigenvalue weighted by Gasteiger charge is 2.04. The first-order valence-electron chi connectivity index (χ1n) is 7.20. The maximum atomic E-state index is 13.1. The van der Waals surface area contributed by atoms with Gasteiger partial charge >= 0.3 is 0 Å². The van der Waals surface area contributed by atoms with Gasteiger partial charge in [-0.3, -0.25) is 4.99 Å². The van der Waals surface area contributed by atoms with Crippen LogP contribution in [0.15, 0.2) is 29.3 Å². The highest BCUT2D eigenvalue weighted by molar-refractivity contribution is 14.0. The van der Waals surface area contributed by atoms with Gasteiger partial charge in [-0.25, -0.2) is 9.37 Å². The smallest absolute Gasteiger partial charge is 0.191 e. The molecule has 126 valence electrons. The van der Waals surface area contributed by atoms with E-state index in [2.05, 4.69) is 27.5 Å². The largest absolute Gasteiger partial charge is 0.356 e. The molecule has 0 radical (unpaired) electrons. The molecule has 0 aliphatic heterocycles. The number of aromatic nitrogens is 1. The van der Waals surface area contributed by atoms with E-state index in [1.54, 1.807) is 24.5 Å². The van der Waals surface area contributed by atoms with Crippen LogP contribution in [0, 0.1) is 19.7 Å². The van der Waals surface area contributed by atoms with E-state index >= 15 is 0 Å². The Bertz CT molecular complexity index is 638. The number of nitrogens with one attached hydrogen (secondary N) is 2. The highest BCUT2D eigenvalue weighted by Crippen LogP contribution is 2.16. The molecule has 0 aliphatic carbocycles. The summed E-state index contributed by atoms with van der Waals surface area (Å²) in [7, 11) is 1.72. The fourth-order valence-corrected chi connectivity index (χ4v) is 2.92. The Labute approximate surface area is 157 Å². The second kappa shape index (κ2) is 9.82. The third-order valence-corrected chi connectivity index (χ3v) is 4.41. The summed E-state index contributed by atoms with van der Waals surface area (Å²) in [4.78, 5) is 9.94. The predicted octanol–water partition coefficient (Wildman–Crippen LogP) is 3.42. The standard InChI is InChI=1S/C16H21FN4S.HI/c1-11-12(2)22-15(21-11)7-8-19-16(18-3)20-10-13-5-4-6-14(17)9-13;/h4-6,9H,7-8,10H2,1-3H3,(H2,18,19,20);1H. The number of thiazole rings is 1. The lowest BCUT2D eigenvalue weighted by molar-refractivity contribution is 0.624. The molecule has 0 saturated heterocycles. The number of rotatable bonds is 5. The average Bonchev–Trinajstić information content (AvgIpc) is 2.81. The highest BCUT2D eigenvalue weighted by atomic mass is 127. The number of aryl methyl sites for hydroxylation is 2. The molecular formula is C16H22FIN4S. The van der Waals surface area contributed by atoms with E-state index in [1.165, 1.54) is 17.0 Å². The van der Waals surface area contributed by atoms with E-state index in [0.29, 0.717) is 12.5 Å². The molecule has 0 atom stereocenters. The first-order chi connectivity index (χ1) is 10.6. The zero-order valence-corrected chi connectivity index (χ0v) is 16.7. The van der Waals surface area contributed by atoms with Crippen LogP contribution >= 0.6 is 35.3 Å². The van der Waals surface area contributed by atoms with Crippen LogP contribution in [0.5, 0.6) is 0 Å². The third-order valence-electron chi connectivity index (χ3n) is 3.28. The average molecular weight is 448 g/mol. The van der Waals surface area contributed by atoms with Gasteiger partial charge in [0.25, 0.3) is 0 Å². The molecule has 0 saturated carbocycles. The van der Waals surface area contributed by atoms with Crippen LogP contribution < -0.4 is 10.6 Å². The van der Waals surface area contributed by atoms with Crippen LogP contribution in [-0.2, 0) is 13.0 Å². The van der Waals surface area contributed by atoms with Gasteiger partial charge in [0.05, 0.1) is 10.7 Å². The Morgan fingerprint density at radius 3 is 2.70 bits per heavy atom. The van der Waals surface area contributed by atoms with Crippen LogP contribution in [0.1, 0.15) is 21.1 Å². The zero-order chi connectivity index (χ0) is 15.9. The molecule has 1 heterocycles. The van der Waals surface area contributed by atoms with Crippen LogP contribution in [-0.4, -0.2) is 24.5 Å². The summed E-state index contributed by atoms with van der Waals surface area (Å²) in [6, 6.07) is 6.54. The monoisotopic (exact) mass is 448 g/mol. The van der Waals surface area contributed by atoms with E-state index in [-0.39, 0.29) is 29.8 Å². The molecule has 0 fully saturated rings. The molecule has 2 aromatic rings. The molecule has 4 nitrogen and oxygen atoms in total. The topological polar surface area (TPSA) is 49.3 Å².